The fourth-order valence-corrected chi connectivity index (χ4v) is 2.58. The van der Waals surface area contributed by atoms with E-state index in [4.69, 9.17) is 0 Å². The molecule has 2 heterocycles. The Labute approximate surface area is 137 Å². The maximum Gasteiger partial charge on any atom is 0.326 e. The molecule has 122 valence electrons. The van der Waals surface area contributed by atoms with Crippen LogP contribution in [0.4, 0.5) is 10.9 Å². The predicted molar refractivity (Wildman–Crippen MR) is 88.0 cm³/mol. The van der Waals surface area contributed by atoms with Crippen molar-refractivity contribution in [3.63, 3.8) is 0 Å². The minimum atomic E-state index is -1.05. The molecule has 8 heteroatoms. The molecule has 23 heavy (non-hydrogen) atoms. The van der Waals surface area contributed by atoms with Crippen LogP contribution in [0.3, 0.4) is 0 Å². The first-order chi connectivity index (χ1) is 11.0. The maximum atomic E-state index is 12.2. The first kappa shape index (κ1) is 16.9. The van der Waals surface area contributed by atoms with Gasteiger partial charge in [0.2, 0.25) is 0 Å². The number of aliphatic carboxylic acids is 1. The fourth-order valence-electron chi connectivity index (χ4n) is 1.88. The number of carboxylic acid groups (broad SMARTS) is 1. The lowest BCUT2D eigenvalue weighted by atomic mass is 9.99. The van der Waals surface area contributed by atoms with Crippen LogP contribution in [0, 0.1) is 5.92 Å². The normalized spacial score (nSPS) is 13.1. The van der Waals surface area contributed by atoms with Gasteiger partial charge in [0.25, 0.3) is 5.91 Å². The van der Waals surface area contributed by atoms with Crippen LogP contribution in [0.25, 0.3) is 0 Å². The van der Waals surface area contributed by atoms with Crippen molar-refractivity contribution in [3.8, 4) is 0 Å². The quantitative estimate of drug-likeness (QED) is 0.719. The summed E-state index contributed by atoms with van der Waals surface area (Å²) in [5.74, 6) is -1.09. The Morgan fingerprint density at radius 2 is 2.17 bits per heavy atom. The maximum absolute atomic E-state index is 12.2. The molecule has 0 bridgehead atoms. The molecule has 7 nitrogen and oxygen atoms in total. The van der Waals surface area contributed by atoms with E-state index in [1.165, 1.54) is 11.3 Å². The van der Waals surface area contributed by atoms with E-state index in [2.05, 4.69) is 20.6 Å². The van der Waals surface area contributed by atoms with Crippen LogP contribution >= 0.6 is 11.3 Å². The highest BCUT2D eigenvalue weighted by atomic mass is 32.1. The number of aromatic nitrogens is 2. The number of anilines is 2. The number of thiazole rings is 1. The third kappa shape index (κ3) is 4.49. The van der Waals surface area contributed by atoms with Crippen LogP contribution in [0.5, 0.6) is 0 Å². The van der Waals surface area contributed by atoms with Crippen molar-refractivity contribution in [1.82, 2.24) is 15.3 Å². The number of nitrogens with zero attached hydrogens (tertiary/aromatic N) is 2. The molecule has 0 aromatic carbocycles. The highest BCUT2D eigenvalue weighted by Crippen LogP contribution is 2.19. The van der Waals surface area contributed by atoms with Crippen LogP contribution in [-0.4, -0.2) is 33.0 Å². The zero-order chi connectivity index (χ0) is 16.8. The van der Waals surface area contributed by atoms with Crippen LogP contribution in [0.2, 0.25) is 0 Å². The summed E-state index contributed by atoms with van der Waals surface area (Å²) in [5, 5.41) is 16.8. The molecule has 0 aliphatic heterocycles. The van der Waals surface area contributed by atoms with Crippen molar-refractivity contribution in [2.45, 2.75) is 26.3 Å². The van der Waals surface area contributed by atoms with Crippen molar-refractivity contribution >= 4 is 34.2 Å². The topological polar surface area (TPSA) is 104 Å². The molecule has 0 fully saturated rings. The predicted octanol–water partition coefficient (Wildman–Crippen LogP) is 2.51. The monoisotopic (exact) mass is 334 g/mol. The zero-order valence-corrected chi connectivity index (χ0v) is 13.6. The number of carboxylic acids is 1. The van der Waals surface area contributed by atoms with Crippen molar-refractivity contribution in [1.29, 1.82) is 0 Å². The molecule has 0 aliphatic rings. The number of rotatable bonds is 7. The lowest BCUT2D eigenvalue weighted by molar-refractivity contribution is -0.140. The van der Waals surface area contributed by atoms with E-state index >= 15 is 0 Å². The minimum Gasteiger partial charge on any atom is -0.480 e. The first-order valence-corrected chi connectivity index (χ1v) is 8.06. The molecular weight excluding hydrogens is 316 g/mol. The summed E-state index contributed by atoms with van der Waals surface area (Å²) in [4.78, 5) is 31.7. The Hall–Kier alpha value is -2.48. The van der Waals surface area contributed by atoms with Crippen LogP contribution < -0.4 is 10.6 Å². The van der Waals surface area contributed by atoms with Gasteiger partial charge < -0.3 is 15.7 Å². The molecule has 2 aromatic heterocycles. The first-order valence-electron chi connectivity index (χ1n) is 7.18. The lowest BCUT2D eigenvalue weighted by Gasteiger charge is -2.19. The number of hydrogen-bond acceptors (Lipinski definition) is 6. The summed E-state index contributed by atoms with van der Waals surface area (Å²) >= 11 is 1.25. The average molecular weight is 334 g/mol. The number of amides is 1. The summed E-state index contributed by atoms with van der Waals surface area (Å²) in [7, 11) is 0. The van der Waals surface area contributed by atoms with Gasteiger partial charge in [-0.2, -0.15) is 0 Å². The molecule has 0 saturated heterocycles. The van der Waals surface area contributed by atoms with Gasteiger partial charge in [-0.15, -0.1) is 11.3 Å². The molecule has 1 amide bonds. The number of nitrogens with one attached hydrogen (secondary N) is 2. The van der Waals surface area contributed by atoms with Gasteiger partial charge in [-0.25, -0.2) is 14.8 Å². The van der Waals surface area contributed by atoms with E-state index in [9.17, 15) is 14.7 Å². The minimum absolute atomic E-state index is 0.166. The second kappa shape index (κ2) is 7.68. The Balaban J connectivity index is 2.04. The van der Waals surface area contributed by atoms with E-state index in [0.717, 1.165) is 0 Å². The molecule has 0 radical (unpaired) electrons. The summed E-state index contributed by atoms with van der Waals surface area (Å²) in [5.41, 5.74) is 0.183. The molecule has 2 aromatic rings. The molecule has 0 unspecified atom stereocenters. The van der Waals surface area contributed by atoms with Gasteiger partial charge in [-0.3, -0.25) is 4.79 Å². The number of hydrogen-bond donors (Lipinski definition) is 3. The van der Waals surface area contributed by atoms with Gasteiger partial charge in [-0.05, 0) is 18.1 Å². The van der Waals surface area contributed by atoms with E-state index in [-0.39, 0.29) is 11.6 Å². The molecular formula is C15H18N4O3S. The molecule has 2 atom stereocenters. The van der Waals surface area contributed by atoms with Gasteiger partial charge in [0.1, 0.15) is 17.6 Å². The SMILES string of the molecule is CC[C@H](C)[C@H](NC(=O)c1csc(Nc2ccccn2)n1)C(=O)O. The summed E-state index contributed by atoms with van der Waals surface area (Å²) < 4.78 is 0. The third-order valence-corrected chi connectivity index (χ3v) is 4.16. The molecule has 2 rings (SSSR count). The van der Waals surface area contributed by atoms with Gasteiger partial charge >= 0.3 is 5.97 Å². The van der Waals surface area contributed by atoms with E-state index in [1.54, 1.807) is 30.6 Å². The summed E-state index contributed by atoms with van der Waals surface area (Å²) in [6.45, 7) is 3.67. The molecule has 3 N–H and O–H groups in total. The van der Waals surface area contributed by atoms with E-state index in [0.29, 0.717) is 17.4 Å². The molecule has 0 spiro atoms. The van der Waals surface area contributed by atoms with Gasteiger partial charge in [-0.1, -0.05) is 26.3 Å². The number of carbonyl (C=O) groups excluding carboxylic acids is 1. The highest BCUT2D eigenvalue weighted by Gasteiger charge is 2.26. The van der Waals surface area contributed by atoms with Gasteiger partial charge in [0.05, 0.1) is 0 Å². The van der Waals surface area contributed by atoms with Gasteiger partial charge in [0, 0.05) is 11.6 Å². The summed E-state index contributed by atoms with van der Waals surface area (Å²) in [6, 6.07) is 4.48. The smallest absolute Gasteiger partial charge is 0.326 e. The largest absolute Gasteiger partial charge is 0.480 e. The standard InChI is InChI=1S/C15H18N4O3S/c1-3-9(2)12(14(21)22)19-13(20)10-8-23-15(17-10)18-11-6-4-5-7-16-11/h4-9,12H,3H2,1-2H3,(H,19,20)(H,21,22)(H,16,17,18)/t9-,12-/m0/s1. The Kier molecular flexibility index (Phi) is 5.64. The highest BCUT2D eigenvalue weighted by molar-refractivity contribution is 7.14. The Morgan fingerprint density at radius 1 is 1.39 bits per heavy atom. The third-order valence-electron chi connectivity index (χ3n) is 3.40. The average Bonchev–Trinajstić information content (AvgIpc) is 3.01. The van der Waals surface area contributed by atoms with Crippen molar-refractivity contribution < 1.29 is 14.7 Å². The Morgan fingerprint density at radius 3 is 2.78 bits per heavy atom. The summed E-state index contributed by atoms with van der Waals surface area (Å²) in [6.07, 6.45) is 2.30. The van der Waals surface area contributed by atoms with Crippen molar-refractivity contribution in [2.75, 3.05) is 5.32 Å². The second-order valence-corrected chi connectivity index (χ2v) is 5.91. The lowest BCUT2D eigenvalue weighted by Crippen LogP contribution is -2.45. The van der Waals surface area contributed by atoms with E-state index in [1.807, 2.05) is 13.0 Å². The number of pyridine rings is 1. The fraction of sp³-hybridized carbons (Fsp3) is 0.333. The van der Waals surface area contributed by atoms with Crippen molar-refractivity contribution in [2.24, 2.45) is 5.92 Å². The van der Waals surface area contributed by atoms with Crippen molar-refractivity contribution in [3.05, 3.63) is 35.5 Å². The van der Waals surface area contributed by atoms with Crippen LogP contribution in [0.1, 0.15) is 30.8 Å². The van der Waals surface area contributed by atoms with Crippen LogP contribution in [0.15, 0.2) is 29.8 Å². The van der Waals surface area contributed by atoms with E-state index < -0.39 is 17.9 Å². The molecule has 0 saturated carbocycles. The zero-order valence-electron chi connectivity index (χ0n) is 12.8. The second-order valence-electron chi connectivity index (χ2n) is 5.05. The van der Waals surface area contributed by atoms with Crippen LogP contribution in [-0.2, 0) is 4.79 Å². The molecule has 0 aliphatic carbocycles. The van der Waals surface area contributed by atoms with Gasteiger partial charge in [0.15, 0.2) is 5.13 Å². The number of carbonyl (C=O) groups is 2. The Bertz CT molecular complexity index is 674.